The molecule has 0 aliphatic carbocycles. The molecule has 1 aromatic carbocycles. The molecular weight excluding hydrogens is 240 g/mol. The Bertz CT molecular complexity index is 644. The molecule has 0 saturated carbocycles. The van der Waals surface area contributed by atoms with Crippen LogP contribution in [-0.4, -0.2) is 22.1 Å². The zero-order valence-corrected chi connectivity index (χ0v) is 11.1. The molecule has 0 unspecified atom stereocenters. The largest absolute Gasteiger partial charge is 0.461 e. The highest BCUT2D eigenvalue weighted by Crippen LogP contribution is 2.29. The van der Waals surface area contributed by atoms with Crippen LogP contribution in [0.2, 0.25) is 0 Å². The monoisotopic (exact) mass is 256 g/mol. The van der Waals surface area contributed by atoms with Crippen LogP contribution in [0, 0.1) is 6.92 Å². The van der Waals surface area contributed by atoms with Crippen molar-refractivity contribution >= 4 is 5.97 Å². The lowest BCUT2D eigenvalue weighted by atomic mass is 9.98. The summed E-state index contributed by atoms with van der Waals surface area (Å²) in [6, 6.07) is 6.29. The summed E-state index contributed by atoms with van der Waals surface area (Å²) in [5, 5.41) is 0. The molecule has 98 valence electrons. The van der Waals surface area contributed by atoms with Crippen molar-refractivity contribution in [2.75, 3.05) is 6.61 Å². The lowest BCUT2D eigenvalue weighted by molar-refractivity contribution is 0.0518. The molecule has 0 bridgehead atoms. The van der Waals surface area contributed by atoms with Gasteiger partial charge in [-0.05, 0) is 37.8 Å². The molecule has 4 heteroatoms. The summed E-state index contributed by atoms with van der Waals surface area (Å²) in [6.07, 6.45) is 3.49. The van der Waals surface area contributed by atoms with Crippen LogP contribution in [0.5, 0.6) is 0 Å². The van der Waals surface area contributed by atoms with Gasteiger partial charge in [0, 0.05) is 0 Å². The quantitative estimate of drug-likeness (QED) is 0.775. The first-order valence-corrected chi connectivity index (χ1v) is 6.54. The van der Waals surface area contributed by atoms with Crippen LogP contribution in [-0.2, 0) is 17.6 Å². The van der Waals surface area contributed by atoms with Crippen molar-refractivity contribution in [1.29, 1.82) is 0 Å². The van der Waals surface area contributed by atoms with Crippen LogP contribution >= 0.6 is 0 Å². The third-order valence-electron chi connectivity index (χ3n) is 3.53. The maximum Gasteiger partial charge on any atom is 0.358 e. The number of benzene rings is 1. The predicted molar refractivity (Wildman–Crippen MR) is 71.7 cm³/mol. The van der Waals surface area contributed by atoms with Gasteiger partial charge < -0.3 is 9.30 Å². The second-order valence-corrected chi connectivity index (χ2v) is 4.71. The van der Waals surface area contributed by atoms with Gasteiger partial charge in [-0.3, -0.25) is 0 Å². The number of fused-ring (bicyclic) bond motifs is 3. The van der Waals surface area contributed by atoms with E-state index < -0.39 is 0 Å². The predicted octanol–water partition coefficient (Wildman–Crippen LogP) is 2.46. The van der Waals surface area contributed by atoms with Gasteiger partial charge in [-0.25, -0.2) is 9.78 Å². The van der Waals surface area contributed by atoms with E-state index in [0.29, 0.717) is 12.3 Å². The first-order chi connectivity index (χ1) is 9.22. The Kier molecular flexibility index (Phi) is 2.85. The summed E-state index contributed by atoms with van der Waals surface area (Å²) in [7, 11) is 0. The van der Waals surface area contributed by atoms with Gasteiger partial charge in [-0.2, -0.15) is 0 Å². The summed E-state index contributed by atoms with van der Waals surface area (Å²) >= 11 is 0. The van der Waals surface area contributed by atoms with Gasteiger partial charge >= 0.3 is 5.97 Å². The van der Waals surface area contributed by atoms with Crippen LogP contribution in [0.3, 0.4) is 0 Å². The summed E-state index contributed by atoms with van der Waals surface area (Å²) in [6.45, 7) is 4.26. The molecule has 0 amide bonds. The van der Waals surface area contributed by atoms with E-state index in [1.165, 1.54) is 11.1 Å². The average molecular weight is 256 g/mol. The van der Waals surface area contributed by atoms with Crippen molar-refractivity contribution in [2.24, 2.45) is 0 Å². The number of esters is 1. The molecule has 3 rings (SSSR count). The van der Waals surface area contributed by atoms with Crippen LogP contribution in [0.1, 0.15) is 34.2 Å². The molecule has 0 fully saturated rings. The molecule has 2 heterocycles. The molecule has 1 aliphatic heterocycles. The van der Waals surface area contributed by atoms with Gasteiger partial charge in [-0.15, -0.1) is 0 Å². The minimum atomic E-state index is -0.326. The molecule has 2 aromatic rings. The smallest absolute Gasteiger partial charge is 0.358 e. The second kappa shape index (κ2) is 4.53. The molecule has 19 heavy (non-hydrogen) atoms. The number of carbonyl (C=O) groups is 1. The number of nitrogens with zero attached hydrogens (tertiary/aromatic N) is 2. The highest BCUT2D eigenvalue weighted by atomic mass is 16.5. The van der Waals surface area contributed by atoms with Crippen molar-refractivity contribution in [2.45, 2.75) is 26.7 Å². The van der Waals surface area contributed by atoms with E-state index in [2.05, 4.69) is 30.1 Å². The van der Waals surface area contributed by atoms with E-state index >= 15 is 0 Å². The molecule has 0 saturated heterocycles. The van der Waals surface area contributed by atoms with E-state index in [1.807, 2.05) is 4.57 Å². The third-order valence-corrected chi connectivity index (χ3v) is 3.53. The van der Waals surface area contributed by atoms with E-state index in [9.17, 15) is 4.79 Å². The topological polar surface area (TPSA) is 44.1 Å². The first kappa shape index (κ1) is 12.0. The van der Waals surface area contributed by atoms with Gasteiger partial charge in [0.15, 0.2) is 5.69 Å². The number of para-hydroxylation sites is 1. The maximum atomic E-state index is 11.9. The zero-order chi connectivity index (χ0) is 13.4. The minimum Gasteiger partial charge on any atom is -0.461 e. The Morgan fingerprint density at radius 2 is 2.26 bits per heavy atom. The maximum absolute atomic E-state index is 11.9. The van der Waals surface area contributed by atoms with E-state index in [0.717, 1.165) is 24.2 Å². The van der Waals surface area contributed by atoms with Crippen molar-refractivity contribution < 1.29 is 9.53 Å². The van der Waals surface area contributed by atoms with Crippen molar-refractivity contribution in [3.8, 4) is 5.69 Å². The number of imidazole rings is 1. The van der Waals surface area contributed by atoms with Crippen molar-refractivity contribution in [1.82, 2.24) is 9.55 Å². The van der Waals surface area contributed by atoms with Gasteiger partial charge in [0.25, 0.3) is 0 Å². The Morgan fingerprint density at radius 1 is 1.42 bits per heavy atom. The molecule has 1 aliphatic rings. The van der Waals surface area contributed by atoms with E-state index in [-0.39, 0.29) is 5.97 Å². The normalized spacial score (nSPS) is 12.7. The van der Waals surface area contributed by atoms with Crippen LogP contribution in [0.25, 0.3) is 5.69 Å². The molecule has 1 aromatic heterocycles. The fourth-order valence-electron chi connectivity index (χ4n) is 2.69. The highest BCUT2D eigenvalue weighted by molar-refractivity contribution is 5.89. The number of aromatic nitrogens is 2. The van der Waals surface area contributed by atoms with E-state index in [1.54, 1.807) is 13.3 Å². The molecular formula is C15H16N2O2. The summed E-state index contributed by atoms with van der Waals surface area (Å²) in [4.78, 5) is 16.1. The van der Waals surface area contributed by atoms with E-state index in [4.69, 9.17) is 4.74 Å². The summed E-state index contributed by atoms with van der Waals surface area (Å²) in [5.41, 5.74) is 5.08. The fraction of sp³-hybridized carbons (Fsp3) is 0.333. The lowest BCUT2D eigenvalue weighted by Crippen LogP contribution is -2.16. The molecule has 0 N–H and O–H groups in total. The van der Waals surface area contributed by atoms with Crippen LogP contribution < -0.4 is 0 Å². The van der Waals surface area contributed by atoms with Gasteiger partial charge in [0.1, 0.15) is 6.33 Å². The third kappa shape index (κ3) is 1.84. The number of hydrogen-bond acceptors (Lipinski definition) is 3. The molecule has 4 nitrogen and oxygen atoms in total. The average Bonchev–Trinajstić information content (AvgIpc) is 2.83. The molecule has 0 spiro atoms. The number of rotatable bonds is 2. The fourth-order valence-corrected chi connectivity index (χ4v) is 2.69. The first-order valence-electron chi connectivity index (χ1n) is 6.54. The van der Waals surface area contributed by atoms with Gasteiger partial charge in [0.05, 0.1) is 18.0 Å². The van der Waals surface area contributed by atoms with Gasteiger partial charge in [-0.1, -0.05) is 18.2 Å². The molecule has 0 atom stereocenters. The number of aryl methyl sites for hydroxylation is 2. The Balaban J connectivity index is 2.12. The molecule has 0 radical (unpaired) electrons. The Labute approximate surface area is 112 Å². The second-order valence-electron chi connectivity index (χ2n) is 4.71. The number of hydrogen-bond donors (Lipinski definition) is 0. The lowest BCUT2D eigenvalue weighted by Gasteiger charge is -2.21. The minimum absolute atomic E-state index is 0.326. The zero-order valence-electron chi connectivity index (χ0n) is 11.1. The van der Waals surface area contributed by atoms with Crippen molar-refractivity contribution in [3.63, 3.8) is 0 Å². The van der Waals surface area contributed by atoms with Crippen LogP contribution in [0.4, 0.5) is 0 Å². The SMILES string of the molecule is CCOC(=O)c1ncn2c1CCc1cccc(C)c1-2. The standard InChI is InChI=1S/C15H16N2O2/c1-3-19-15(18)13-12-8-7-11-6-4-5-10(2)14(11)17(12)9-16-13/h4-6,9H,3,7-8H2,1-2H3. The highest BCUT2D eigenvalue weighted by Gasteiger charge is 2.24. The van der Waals surface area contributed by atoms with Crippen LogP contribution in [0.15, 0.2) is 24.5 Å². The Hall–Kier alpha value is -2.10. The Morgan fingerprint density at radius 3 is 3.05 bits per heavy atom. The van der Waals surface area contributed by atoms with Gasteiger partial charge in [0.2, 0.25) is 0 Å². The number of carbonyl (C=O) groups excluding carboxylic acids is 1. The summed E-state index contributed by atoms with van der Waals surface area (Å²) < 4.78 is 7.08. The number of ether oxygens (including phenoxy) is 1. The van der Waals surface area contributed by atoms with Crippen molar-refractivity contribution in [3.05, 3.63) is 47.0 Å². The summed E-state index contributed by atoms with van der Waals surface area (Å²) in [5.74, 6) is -0.326.